The molecule has 0 bridgehead atoms. The molecular weight excluding hydrogens is 398 g/mol. The van der Waals surface area contributed by atoms with Gasteiger partial charge in [0.25, 0.3) is 0 Å². The zero-order valence-corrected chi connectivity index (χ0v) is 18.0. The summed E-state index contributed by atoms with van der Waals surface area (Å²) in [5, 5.41) is 17.6. The zero-order chi connectivity index (χ0) is 22.2. The van der Waals surface area contributed by atoms with Gasteiger partial charge in [0.05, 0.1) is 12.2 Å². The van der Waals surface area contributed by atoms with E-state index < -0.39 is 11.8 Å². The minimum atomic E-state index is -1.20. The van der Waals surface area contributed by atoms with E-state index in [1.807, 2.05) is 6.07 Å². The summed E-state index contributed by atoms with van der Waals surface area (Å²) >= 11 is 0. The third kappa shape index (κ3) is 6.36. The Balaban J connectivity index is 0.000000176. The maximum absolute atomic E-state index is 13.5. The first-order valence-electron chi connectivity index (χ1n) is 11.4. The number of carboxylic acid groups (broad SMARTS) is 1. The van der Waals surface area contributed by atoms with Gasteiger partial charge in [-0.2, -0.15) is 0 Å². The molecule has 2 fully saturated rings. The summed E-state index contributed by atoms with van der Waals surface area (Å²) in [6, 6.07) is 9.79. The number of rotatable bonds is 4. The fourth-order valence-electron chi connectivity index (χ4n) is 4.78. The molecule has 2 saturated carbocycles. The van der Waals surface area contributed by atoms with Gasteiger partial charge in [0.1, 0.15) is 11.6 Å². The molecule has 168 valence electrons. The van der Waals surface area contributed by atoms with E-state index in [1.54, 1.807) is 18.2 Å². The van der Waals surface area contributed by atoms with Crippen LogP contribution in [0.4, 0.5) is 8.78 Å². The Morgan fingerprint density at radius 3 is 1.68 bits per heavy atom. The summed E-state index contributed by atoms with van der Waals surface area (Å²) in [6.07, 6.45) is 12.0. The van der Waals surface area contributed by atoms with Crippen molar-refractivity contribution < 1.29 is 23.8 Å². The van der Waals surface area contributed by atoms with E-state index in [4.69, 9.17) is 10.2 Å². The van der Waals surface area contributed by atoms with Gasteiger partial charge in [0, 0.05) is 5.56 Å². The SMILES string of the molecule is O=C(O)c1ccc(C2CCCCC2)cc1F.OCc1ccc(C2CCCCC2)cc1F. The molecule has 2 aromatic carbocycles. The van der Waals surface area contributed by atoms with Crippen LogP contribution < -0.4 is 0 Å². The van der Waals surface area contributed by atoms with Crippen LogP contribution in [-0.2, 0) is 6.61 Å². The number of hydrogen-bond acceptors (Lipinski definition) is 2. The van der Waals surface area contributed by atoms with Crippen LogP contribution in [-0.4, -0.2) is 16.2 Å². The van der Waals surface area contributed by atoms with Crippen LogP contribution in [0, 0.1) is 11.6 Å². The van der Waals surface area contributed by atoms with Gasteiger partial charge in [0.2, 0.25) is 0 Å². The zero-order valence-electron chi connectivity index (χ0n) is 18.0. The molecule has 31 heavy (non-hydrogen) atoms. The lowest BCUT2D eigenvalue weighted by Gasteiger charge is -2.22. The van der Waals surface area contributed by atoms with Crippen molar-refractivity contribution in [1.29, 1.82) is 0 Å². The molecular formula is C26H32F2O3. The average molecular weight is 431 g/mol. The fraction of sp³-hybridized carbons (Fsp3) is 0.500. The second-order valence-corrected chi connectivity index (χ2v) is 8.72. The average Bonchev–Trinajstić information content (AvgIpc) is 2.80. The Hall–Kier alpha value is -2.27. The summed E-state index contributed by atoms with van der Waals surface area (Å²) in [7, 11) is 0. The quantitative estimate of drug-likeness (QED) is 0.552. The van der Waals surface area contributed by atoms with Crippen molar-refractivity contribution >= 4 is 5.97 Å². The number of benzene rings is 2. The molecule has 5 heteroatoms. The molecule has 0 saturated heterocycles. The predicted octanol–water partition coefficient (Wildman–Crippen LogP) is 6.94. The van der Waals surface area contributed by atoms with E-state index in [-0.39, 0.29) is 18.0 Å². The maximum Gasteiger partial charge on any atom is 0.338 e. The van der Waals surface area contributed by atoms with E-state index in [2.05, 4.69) is 0 Å². The Labute approximate surface area is 183 Å². The van der Waals surface area contributed by atoms with Crippen LogP contribution in [0.3, 0.4) is 0 Å². The molecule has 0 spiro atoms. The van der Waals surface area contributed by atoms with Crippen LogP contribution in [0.1, 0.15) is 103 Å². The molecule has 2 aliphatic rings. The van der Waals surface area contributed by atoms with Crippen molar-refractivity contribution in [3.63, 3.8) is 0 Å². The summed E-state index contributed by atoms with van der Waals surface area (Å²) in [6.45, 7) is -0.212. The topological polar surface area (TPSA) is 57.5 Å². The molecule has 0 amide bonds. The highest BCUT2D eigenvalue weighted by Crippen LogP contribution is 2.34. The van der Waals surface area contributed by atoms with E-state index in [1.165, 1.54) is 63.5 Å². The molecule has 0 radical (unpaired) electrons. The van der Waals surface area contributed by atoms with Crippen molar-refractivity contribution in [2.45, 2.75) is 82.7 Å². The molecule has 2 aromatic rings. The van der Waals surface area contributed by atoms with Gasteiger partial charge >= 0.3 is 5.97 Å². The Morgan fingerprint density at radius 1 is 0.774 bits per heavy atom. The first-order chi connectivity index (χ1) is 15.0. The lowest BCUT2D eigenvalue weighted by atomic mass is 9.84. The molecule has 0 aromatic heterocycles. The molecule has 2 N–H and O–H groups in total. The van der Waals surface area contributed by atoms with Gasteiger partial charge in [-0.3, -0.25) is 0 Å². The van der Waals surface area contributed by atoms with Crippen LogP contribution >= 0.6 is 0 Å². The summed E-state index contributed by atoms with van der Waals surface area (Å²) in [4.78, 5) is 10.7. The third-order valence-corrected chi connectivity index (χ3v) is 6.62. The molecule has 2 aliphatic carbocycles. The third-order valence-electron chi connectivity index (χ3n) is 6.62. The lowest BCUT2D eigenvalue weighted by Crippen LogP contribution is -2.07. The molecule has 0 aliphatic heterocycles. The largest absolute Gasteiger partial charge is 0.478 e. The first-order valence-corrected chi connectivity index (χ1v) is 11.4. The van der Waals surface area contributed by atoms with E-state index >= 15 is 0 Å². The number of aliphatic hydroxyl groups excluding tert-OH is 1. The number of carboxylic acids is 1. The monoisotopic (exact) mass is 430 g/mol. The van der Waals surface area contributed by atoms with Crippen molar-refractivity contribution in [2.24, 2.45) is 0 Å². The standard InChI is InChI=1S/C13H15FO2.C13H17FO/c14-12-8-10(6-7-11(12)13(15)16)9-4-2-1-3-5-9;14-13-8-11(6-7-12(13)9-15)10-4-2-1-3-5-10/h6-9H,1-5H2,(H,15,16);6-8,10,15H,1-5,9H2. The van der Waals surface area contributed by atoms with Crippen LogP contribution in [0.2, 0.25) is 0 Å². The molecule has 3 nitrogen and oxygen atoms in total. The van der Waals surface area contributed by atoms with E-state index in [0.717, 1.165) is 24.0 Å². The van der Waals surface area contributed by atoms with Crippen molar-refractivity contribution in [3.05, 3.63) is 70.3 Å². The number of aromatic carboxylic acids is 1. The molecule has 0 atom stereocenters. The fourth-order valence-corrected chi connectivity index (χ4v) is 4.78. The smallest absolute Gasteiger partial charge is 0.338 e. The van der Waals surface area contributed by atoms with Crippen LogP contribution in [0.15, 0.2) is 36.4 Å². The van der Waals surface area contributed by atoms with Gasteiger partial charge in [-0.15, -0.1) is 0 Å². The van der Waals surface area contributed by atoms with Gasteiger partial charge < -0.3 is 10.2 Å². The van der Waals surface area contributed by atoms with E-state index in [9.17, 15) is 13.6 Å². The normalized spacial score (nSPS) is 17.6. The molecule has 0 unspecified atom stereocenters. The van der Waals surface area contributed by atoms with Crippen LogP contribution in [0.5, 0.6) is 0 Å². The Morgan fingerprint density at radius 2 is 1.26 bits per heavy atom. The number of carbonyl (C=O) groups is 1. The van der Waals surface area contributed by atoms with Gasteiger partial charge in [-0.25, -0.2) is 13.6 Å². The second kappa shape index (κ2) is 11.4. The summed E-state index contributed by atoms with van der Waals surface area (Å²) < 4.78 is 26.9. The Kier molecular flexibility index (Phi) is 8.59. The minimum Gasteiger partial charge on any atom is -0.478 e. The highest BCUT2D eigenvalue weighted by atomic mass is 19.1. The van der Waals surface area contributed by atoms with Gasteiger partial charge in [0.15, 0.2) is 0 Å². The van der Waals surface area contributed by atoms with Crippen LogP contribution in [0.25, 0.3) is 0 Å². The molecule has 0 heterocycles. The summed E-state index contributed by atoms with van der Waals surface area (Å²) in [5.41, 5.74) is 2.21. The first kappa shape index (κ1) is 23.4. The minimum absolute atomic E-state index is 0.212. The predicted molar refractivity (Wildman–Crippen MR) is 117 cm³/mol. The van der Waals surface area contributed by atoms with Crippen molar-refractivity contribution in [1.82, 2.24) is 0 Å². The van der Waals surface area contributed by atoms with Crippen molar-refractivity contribution in [2.75, 3.05) is 0 Å². The van der Waals surface area contributed by atoms with Gasteiger partial charge in [-0.05, 0) is 66.8 Å². The maximum atomic E-state index is 13.5. The Bertz CT molecular complexity index is 869. The summed E-state index contributed by atoms with van der Waals surface area (Å²) in [5.74, 6) is -1.14. The second-order valence-electron chi connectivity index (χ2n) is 8.72. The van der Waals surface area contributed by atoms with Crippen molar-refractivity contribution in [3.8, 4) is 0 Å². The highest BCUT2D eigenvalue weighted by Gasteiger charge is 2.18. The number of hydrogen-bond donors (Lipinski definition) is 2. The number of aliphatic hydroxyl groups is 1. The lowest BCUT2D eigenvalue weighted by molar-refractivity contribution is 0.0692. The van der Waals surface area contributed by atoms with E-state index in [0.29, 0.717) is 17.4 Å². The highest BCUT2D eigenvalue weighted by molar-refractivity contribution is 5.87. The number of halogens is 2. The molecule has 4 rings (SSSR count). The van der Waals surface area contributed by atoms with Gasteiger partial charge in [-0.1, -0.05) is 56.7 Å².